The maximum absolute atomic E-state index is 14.8. The van der Waals surface area contributed by atoms with Crippen LogP contribution >= 0.6 is 0 Å². The molecule has 3 heterocycles. The van der Waals surface area contributed by atoms with Gasteiger partial charge in [0, 0.05) is 31.0 Å². The van der Waals surface area contributed by atoms with Crippen LogP contribution in [-0.4, -0.2) is 89.1 Å². The van der Waals surface area contributed by atoms with Crippen molar-refractivity contribution < 1.29 is 33.5 Å². The lowest BCUT2D eigenvalue weighted by Gasteiger charge is -2.44. The van der Waals surface area contributed by atoms with Gasteiger partial charge in [-0.15, -0.1) is 0 Å². The first-order valence-corrected chi connectivity index (χ1v) is 14.8. The molecule has 0 aromatic heterocycles. The third kappa shape index (κ3) is 5.51. The van der Waals surface area contributed by atoms with E-state index < -0.39 is 58.8 Å². The normalized spacial score (nSPS) is 27.0. The lowest BCUT2D eigenvalue weighted by Crippen LogP contribution is -2.72. The number of allylic oxidation sites excluding steroid dienone is 4. The Morgan fingerprint density at radius 2 is 1.47 bits per heavy atom. The summed E-state index contributed by atoms with van der Waals surface area (Å²) in [7, 11) is 0. The van der Waals surface area contributed by atoms with Crippen molar-refractivity contribution in [1.29, 1.82) is 0 Å². The lowest BCUT2D eigenvalue weighted by atomic mass is 9.80. The van der Waals surface area contributed by atoms with Gasteiger partial charge in [-0.3, -0.25) is 34.1 Å². The quantitative estimate of drug-likeness (QED) is 0.188. The molecular weight excluding hydrogens is 580 g/mol. The van der Waals surface area contributed by atoms with E-state index in [9.17, 15) is 28.8 Å². The van der Waals surface area contributed by atoms with E-state index in [1.165, 1.54) is 17.2 Å². The minimum Gasteiger partial charge on any atom is -0.361 e. The molecule has 4 unspecified atom stereocenters. The number of Topliss-reactive ketones (excluding diaryl/α,β-unsaturated/α-hetero) is 2. The molecule has 232 valence electrons. The van der Waals surface area contributed by atoms with E-state index in [-0.39, 0.29) is 12.3 Å². The van der Waals surface area contributed by atoms with E-state index in [0.29, 0.717) is 43.9 Å². The number of nitrogens with zero attached hydrogens (tertiary/aromatic N) is 2. The Hall–Kier alpha value is -4.82. The third-order valence-electron chi connectivity index (χ3n) is 8.31. The van der Waals surface area contributed by atoms with E-state index in [2.05, 4.69) is 21.3 Å². The Balaban J connectivity index is 1.53. The molecule has 4 N–H and O–H groups in total. The second-order valence-corrected chi connectivity index (χ2v) is 11.1. The van der Waals surface area contributed by atoms with E-state index in [0.717, 1.165) is 6.08 Å². The van der Waals surface area contributed by atoms with E-state index in [1.54, 1.807) is 65.7 Å². The number of para-hydroxylation sites is 2. The fourth-order valence-corrected chi connectivity index (χ4v) is 6.32. The predicted octanol–water partition coefficient (Wildman–Crippen LogP) is 0.537. The minimum atomic E-state index is -2.44. The van der Waals surface area contributed by atoms with Crippen LogP contribution in [0.1, 0.15) is 12.8 Å². The van der Waals surface area contributed by atoms with Crippen LogP contribution in [0.4, 0.5) is 11.4 Å². The van der Waals surface area contributed by atoms with Gasteiger partial charge in [-0.25, -0.2) is 5.01 Å². The van der Waals surface area contributed by atoms with Crippen LogP contribution in [-0.2, 0) is 33.5 Å². The van der Waals surface area contributed by atoms with Crippen LogP contribution in [0.25, 0.3) is 0 Å². The second-order valence-electron chi connectivity index (χ2n) is 11.1. The molecular formula is C32H32N6O7. The van der Waals surface area contributed by atoms with Crippen molar-refractivity contribution in [3.8, 4) is 0 Å². The largest absolute Gasteiger partial charge is 0.361 e. The summed E-state index contributed by atoms with van der Waals surface area (Å²) in [6, 6.07) is 15.3. The number of ketones is 3. The van der Waals surface area contributed by atoms with Gasteiger partial charge in [-0.1, -0.05) is 42.5 Å². The number of rotatable bonds is 8. The molecule has 1 aliphatic carbocycles. The highest BCUT2D eigenvalue weighted by Crippen LogP contribution is 2.44. The Morgan fingerprint density at radius 1 is 0.844 bits per heavy atom. The first-order chi connectivity index (χ1) is 21.8. The van der Waals surface area contributed by atoms with Crippen molar-refractivity contribution in [3.63, 3.8) is 0 Å². The molecule has 2 aromatic carbocycles. The Labute approximate surface area is 258 Å². The molecule has 0 spiro atoms. The summed E-state index contributed by atoms with van der Waals surface area (Å²) in [5.41, 5.74) is -2.04. The summed E-state index contributed by atoms with van der Waals surface area (Å²) < 4.78 is 5.88. The first-order valence-electron chi connectivity index (χ1n) is 14.8. The topological polar surface area (TPSA) is 166 Å². The molecule has 2 aromatic rings. The Bertz CT molecular complexity index is 1580. The summed E-state index contributed by atoms with van der Waals surface area (Å²) in [6.45, 7) is 1.23. The summed E-state index contributed by atoms with van der Waals surface area (Å²) in [5.74, 6) is -6.80. The van der Waals surface area contributed by atoms with Gasteiger partial charge >= 0.3 is 0 Å². The lowest BCUT2D eigenvalue weighted by molar-refractivity contribution is -0.169. The average Bonchev–Trinajstić information content (AvgIpc) is 3.81. The summed E-state index contributed by atoms with van der Waals surface area (Å²) in [4.78, 5) is 83.3. The zero-order valence-electron chi connectivity index (χ0n) is 24.2. The monoisotopic (exact) mass is 612 g/mol. The van der Waals surface area contributed by atoms with Gasteiger partial charge in [-0.05, 0) is 49.3 Å². The van der Waals surface area contributed by atoms with Crippen molar-refractivity contribution in [2.75, 3.05) is 36.9 Å². The molecule has 4 atom stereocenters. The zero-order chi connectivity index (χ0) is 31.6. The van der Waals surface area contributed by atoms with Crippen LogP contribution in [0.15, 0.2) is 84.6 Å². The second kappa shape index (κ2) is 12.7. The highest BCUT2D eigenvalue weighted by atomic mass is 16.5. The molecule has 6 rings (SSSR count). The molecule has 13 heteroatoms. The molecule has 13 nitrogen and oxygen atoms in total. The fraction of sp³-hybridized carbons (Fsp3) is 0.312. The SMILES string of the molecule is O=C1C=CC=C(NC(=O)C2(C(=O)Nc3ccccc3)C(C3NCCO3)C(=O)C(C(=O)Nc3ccccc3)N2N2CCCC2)C1=O. The number of nitrogens with one attached hydrogen (secondary N) is 4. The van der Waals surface area contributed by atoms with Crippen LogP contribution in [0.3, 0.4) is 0 Å². The van der Waals surface area contributed by atoms with Crippen LogP contribution in [0.2, 0.25) is 0 Å². The molecule has 0 bridgehead atoms. The fourth-order valence-electron chi connectivity index (χ4n) is 6.32. The van der Waals surface area contributed by atoms with Crippen molar-refractivity contribution >= 4 is 46.4 Å². The maximum atomic E-state index is 14.8. The smallest absolute Gasteiger partial charge is 0.257 e. The van der Waals surface area contributed by atoms with Crippen LogP contribution in [0.5, 0.6) is 0 Å². The maximum Gasteiger partial charge on any atom is 0.257 e. The average molecular weight is 613 g/mol. The number of hydrazine groups is 1. The zero-order valence-corrected chi connectivity index (χ0v) is 24.2. The molecule has 3 fully saturated rings. The summed E-state index contributed by atoms with van der Waals surface area (Å²) in [6.07, 6.45) is 3.86. The number of hydrogen-bond donors (Lipinski definition) is 4. The summed E-state index contributed by atoms with van der Waals surface area (Å²) in [5, 5.41) is 14.1. The molecule has 3 aliphatic heterocycles. The van der Waals surface area contributed by atoms with Crippen molar-refractivity contribution in [2.24, 2.45) is 5.92 Å². The molecule has 4 aliphatic rings. The summed E-state index contributed by atoms with van der Waals surface area (Å²) >= 11 is 0. The third-order valence-corrected chi connectivity index (χ3v) is 8.31. The van der Waals surface area contributed by atoms with Gasteiger partial charge in [0.1, 0.15) is 6.23 Å². The van der Waals surface area contributed by atoms with Gasteiger partial charge in [0.2, 0.25) is 17.1 Å². The standard InChI is InChI=1S/C32H32N6O7/c39-23-15-9-14-22(26(23)40)36-31(44)32(30(43)35-21-12-5-2-6-13-21)24(29-33-16-19-45-29)27(41)25(38(32)37-17-7-8-18-37)28(42)34-20-10-3-1-4-11-20/h1-6,9-15,24-25,29,33H,7-8,16-19H2,(H,34,42)(H,35,43)(H,36,44). The molecule has 3 amide bonds. The van der Waals surface area contributed by atoms with E-state index in [4.69, 9.17) is 4.74 Å². The van der Waals surface area contributed by atoms with Crippen molar-refractivity contribution in [1.82, 2.24) is 20.7 Å². The van der Waals surface area contributed by atoms with Gasteiger partial charge < -0.3 is 20.7 Å². The molecule has 3 saturated heterocycles. The highest BCUT2D eigenvalue weighted by molar-refractivity contribution is 6.48. The number of benzene rings is 2. The highest BCUT2D eigenvalue weighted by Gasteiger charge is 2.73. The van der Waals surface area contributed by atoms with Gasteiger partial charge in [-0.2, -0.15) is 5.01 Å². The number of anilines is 2. The van der Waals surface area contributed by atoms with E-state index >= 15 is 0 Å². The van der Waals surface area contributed by atoms with Crippen LogP contribution in [0, 0.1) is 5.92 Å². The first kappa shape index (κ1) is 30.2. The predicted molar refractivity (Wildman–Crippen MR) is 161 cm³/mol. The number of amides is 3. The van der Waals surface area contributed by atoms with E-state index in [1.807, 2.05) is 0 Å². The number of carbonyl (C=O) groups excluding carboxylic acids is 6. The minimum absolute atomic E-state index is 0.194. The molecule has 0 saturated carbocycles. The van der Waals surface area contributed by atoms with Gasteiger partial charge in [0.25, 0.3) is 17.7 Å². The van der Waals surface area contributed by atoms with Gasteiger partial charge in [0.15, 0.2) is 11.8 Å². The Morgan fingerprint density at radius 3 is 2.09 bits per heavy atom. The molecule has 0 radical (unpaired) electrons. The number of ether oxygens (including phenoxy) is 1. The Kier molecular flexibility index (Phi) is 8.50. The van der Waals surface area contributed by atoms with Gasteiger partial charge in [0.05, 0.1) is 18.2 Å². The number of hydrogen-bond acceptors (Lipinski definition) is 10. The number of carbonyl (C=O) groups is 6. The van der Waals surface area contributed by atoms with Crippen molar-refractivity contribution in [3.05, 3.63) is 84.6 Å². The van der Waals surface area contributed by atoms with Crippen molar-refractivity contribution in [2.45, 2.75) is 30.7 Å². The van der Waals surface area contributed by atoms with Crippen LogP contribution < -0.4 is 21.3 Å². The molecule has 45 heavy (non-hydrogen) atoms.